The van der Waals surface area contributed by atoms with Gasteiger partial charge in [0.2, 0.25) is 0 Å². The first-order valence-corrected chi connectivity index (χ1v) is 19.9. The maximum absolute atomic E-state index is 14.2. The summed E-state index contributed by atoms with van der Waals surface area (Å²) < 4.78 is 165. The first kappa shape index (κ1) is 49.9. The van der Waals surface area contributed by atoms with Crippen molar-refractivity contribution in [3.8, 4) is 0 Å². The van der Waals surface area contributed by atoms with E-state index in [-0.39, 0.29) is 52.4 Å². The molecule has 6 rings (SSSR count). The van der Waals surface area contributed by atoms with Crippen LogP contribution >= 0.6 is 23.2 Å². The number of hydrogen-bond acceptors (Lipinski definition) is 7. The van der Waals surface area contributed by atoms with Crippen LogP contribution in [0.5, 0.6) is 0 Å². The molecule has 1 fully saturated rings. The van der Waals surface area contributed by atoms with Gasteiger partial charge in [-0.3, -0.25) is 9.97 Å². The summed E-state index contributed by atoms with van der Waals surface area (Å²) in [6, 6.07) is 3.96. The van der Waals surface area contributed by atoms with Crippen molar-refractivity contribution in [1.82, 2.24) is 35.8 Å². The number of hydrogen-bond donors (Lipinski definition) is 3. The molecule has 2 atom stereocenters. The molecular formula is C41H30Cl2F12N8O4. The van der Waals surface area contributed by atoms with Crippen LogP contribution in [-0.2, 0) is 29.5 Å². The molecule has 2 aromatic carbocycles. The highest BCUT2D eigenvalue weighted by atomic mass is 35.5. The highest BCUT2D eigenvalue weighted by Gasteiger charge is 2.40. The number of piperidine rings is 1. The molecule has 26 heteroatoms. The summed E-state index contributed by atoms with van der Waals surface area (Å²) in [6.07, 6.45) is -19.1. The average Bonchev–Trinajstić information content (AvgIpc) is 3.25. The van der Waals surface area contributed by atoms with Crippen LogP contribution in [0.2, 0.25) is 10.3 Å². The molecule has 5 amide bonds. The molecule has 0 saturated carbocycles. The predicted molar refractivity (Wildman–Crippen MR) is 213 cm³/mol. The lowest BCUT2D eigenvalue weighted by atomic mass is 9.97. The van der Waals surface area contributed by atoms with E-state index in [0.29, 0.717) is 36.4 Å². The molecule has 3 N–H and O–H groups in total. The molecule has 2 unspecified atom stereocenters. The third kappa shape index (κ3) is 12.5. The lowest BCUT2D eigenvalue weighted by Crippen LogP contribution is -2.51. The van der Waals surface area contributed by atoms with Crippen molar-refractivity contribution in [2.45, 2.75) is 55.7 Å². The van der Waals surface area contributed by atoms with Crippen molar-refractivity contribution in [2.75, 3.05) is 18.2 Å². The van der Waals surface area contributed by atoms with Crippen LogP contribution in [0.25, 0.3) is 0 Å². The summed E-state index contributed by atoms with van der Waals surface area (Å²) in [4.78, 5) is 58.8. The van der Waals surface area contributed by atoms with E-state index in [1.807, 2.05) is 0 Å². The van der Waals surface area contributed by atoms with Gasteiger partial charge in [0.15, 0.2) is 0 Å². The Kier molecular flexibility index (Phi) is 14.7. The van der Waals surface area contributed by atoms with Gasteiger partial charge >= 0.3 is 42.9 Å². The average molecular weight is 998 g/mol. The zero-order valence-corrected chi connectivity index (χ0v) is 35.0. The largest absolute Gasteiger partial charge is 0.434 e. The summed E-state index contributed by atoms with van der Waals surface area (Å²) in [5, 5.41) is 6.63. The highest BCUT2D eigenvalue weighted by molar-refractivity contribution is 6.33. The van der Waals surface area contributed by atoms with E-state index in [2.05, 4.69) is 30.9 Å². The van der Waals surface area contributed by atoms with Gasteiger partial charge in [-0.1, -0.05) is 47.5 Å². The minimum atomic E-state index is -5.08. The number of likely N-dealkylation sites (tertiary alicyclic amines) is 1. The van der Waals surface area contributed by atoms with Crippen molar-refractivity contribution >= 4 is 47.0 Å². The van der Waals surface area contributed by atoms with Crippen LogP contribution in [0.3, 0.4) is 0 Å². The SMILES string of the molecule is O=C(NC1CCN(C(=O)ON(C(=O)NC(c2ccc(C(F)(F)F)cc2)c2ncccc2C(F)(F)F)c2cc(Cl)nc(Cl)c2)CC1)NC(c1ccc(C(F)(F)F)cc1)c1ncccc1C(F)(F)F. The summed E-state index contributed by atoms with van der Waals surface area (Å²) in [5.74, 6) is 0. The number of benzene rings is 2. The smallest absolute Gasteiger partial charge is 0.335 e. The number of aromatic nitrogens is 3. The standard InChI is InChI=1S/C41H30Cl2F12N8O4/c42-29-19-26(20-30(43)59-29)63(36(65)61-32(22-7-11-24(12-8-22)39(47,48)49)34-28(41(53,54)55)4-2-16-57-34)67-37(66)62-17-13-25(14-18-62)58-35(64)60-31(21-5-9-23(10-6-21)38(44,45)46)33-27(40(50,51)52)3-1-15-56-33/h1-12,15-16,19-20,25,31-32H,13-14,17-18H2,(H,61,65)(H2,58,60,64). The van der Waals surface area contributed by atoms with Gasteiger partial charge in [-0.25, -0.2) is 19.4 Å². The molecule has 3 aromatic heterocycles. The zero-order chi connectivity index (χ0) is 49.1. The normalized spacial score (nSPS) is 14.7. The molecule has 1 aliphatic rings. The number of urea groups is 2. The van der Waals surface area contributed by atoms with Gasteiger partial charge < -0.3 is 25.7 Å². The third-order valence-corrected chi connectivity index (χ3v) is 10.3. The fourth-order valence-corrected chi connectivity index (χ4v) is 7.24. The van der Waals surface area contributed by atoms with Crippen molar-refractivity contribution in [3.63, 3.8) is 0 Å². The molecule has 4 heterocycles. The van der Waals surface area contributed by atoms with E-state index < -0.39 is 100 Å². The molecular weight excluding hydrogens is 967 g/mol. The second-order valence-corrected chi connectivity index (χ2v) is 15.2. The number of carbonyl (C=O) groups is 3. The molecule has 1 saturated heterocycles. The fraction of sp³-hybridized carbons (Fsp3) is 0.268. The molecule has 1 aliphatic heterocycles. The van der Waals surface area contributed by atoms with E-state index in [0.717, 1.165) is 65.8 Å². The van der Waals surface area contributed by atoms with Crippen molar-refractivity contribution in [1.29, 1.82) is 0 Å². The van der Waals surface area contributed by atoms with Crippen LogP contribution in [0.4, 0.5) is 72.8 Å². The minimum absolute atomic E-state index is 0.0557. The van der Waals surface area contributed by atoms with Crippen LogP contribution in [0, 0.1) is 0 Å². The van der Waals surface area contributed by atoms with Gasteiger partial charge in [0.1, 0.15) is 10.3 Å². The molecule has 0 spiro atoms. The number of nitrogens with zero attached hydrogens (tertiary/aromatic N) is 5. The maximum atomic E-state index is 14.2. The first-order chi connectivity index (χ1) is 31.3. The maximum Gasteiger partial charge on any atom is 0.434 e. The summed E-state index contributed by atoms with van der Waals surface area (Å²) in [6.45, 7) is -0.454. The second kappa shape index (κ2) is 19.7. The summed E-state index contributed by atoms with van der Waals surface area (Å²) in [5.41, 5.74) is -7.40. The van der Waals surface area contributed by atoms with E-state index >= 15 is 0 Å². The van der Waals surface area contributed by atoms with Gasteiger partial charge in [0.05, 0.1) is 51.4 Å². The lowest BCUT2D eigenvalue weighted by Gasteiger charge is -2.33. The first-order valence-electron chi connectivity index (χ1n) is 19.2. The Morgan fingerprint density at radius 3 is 1.49 bits per heavy atom. The summed E-state index contributed by atoms with van der Waals surface area (Å²) in [7, 11) is 0. The molecule has 12 nitrogen and oxygen atoms in total. The zero-order valence-electron chi connectivity index (χ0n) is 33.5. The fourth-order valence-electron chi connectivity index (χ4n) is 6.79. The highest BCUT2D eigenvalue weighted by Crippen LogP contribution is 2.39. The Balaban J connectivity index is 1.20. The van der Waals surface area contributed by atoms with Gasteiger partial charge in [-0.15, -0.1) is 5.06 Å². The Morgan fingerprint density at radius 2 is 1.07 bits per heavy atom. The number of hydroxylamine groups is 1. The van der Waals surface area contributed by atoms with Gasteiger partial charge in [-0.05, 0) is 72.5 Å². The molecule has 0 bridgehead atoms. The Bertz CT molecular complexity index is 2550. The van der Waals surface area contributed by atoms with Gasteiger partial charge in [0.25, 0.3) is 0 Å². The van der Waals surface area contributed by atoms with E-state index in [4.69, 9.17) is 28.0 Å². The molecule has 356 valence electrons. The number of carbonyl (C=O) groups excluding carboxylic acids is 3. The van der Waals surface area contributed by atoms with Gasteiger partial charge in [0, 0.05) is 43.7 Å². The van der Waals surface area contributed by atoms with Crippen LogP contribution in [0.1, 0.15) is 69.7 Å². The number of amides is 5. The van der Waals surface area contributed by atoms with Gasteiger partial charge in [-0.2, -0.15) is 52.7 Å². The third-order valence-electron chi connectivity index (χ3n) is 9.94. The van der Waals surface area contributed by atoms with E-state index in [1.165, 1.54) is 0 Å². The second-order valence-electron chi connectivity index (χ2n) is 14.4. The minimum Gasteiger partial charge on any atom is -0.335 e. The number of alkyl halides is 12. The number of anilines is 1. The predicted octanol–water partition coefficient (Wildman–Crippen LogP) is 11.2. The Labute approximate surface area is 380 Å². The van der Waals surface area contributed by atoms with Crippen LogP contribution in [0.15, 0.2) is 97.3 Å². The Hall–Kier alpha value is -6.56. The number of nitrogens with one attached hydrogen (secondary N) is 3. The molecule has 0 aliphatic carbocycles. The molecule has 0 radical (unpaired) electrons. The number of rotatable bonds is 8. The van der Waals surface area contributed by atoms with E-state index in [1.54, 1.807) is 0 Å². The monoisotopic (exact) mass is 996 g/mol. The quantitative estimate of drug-likeness (QED) is 0.0798. The van der Waals surface area contributed by atoms with E-state index in [9.17, 15) is 67.1 Å². The Morgan fingerprint density at radius 1 is 0.642 bits per heavy atom. The molecule has 5 aromatic rings. The van der Waals surface area contributed by atoms with Crippen molar-refractivity contribution < 1.29 is 71.9 Å². The van der Waals surface area contributed by atoms with Crippen LogP contribution in [-0.4, -0.2) is 57.1 Å². The summed E-state index contributed by atoms with van der Waals surface area (Å²) >= 11 is 12.1. The van der Waals surface area contributed by atoms with Crippen LogP contribution < -0.4 is 21.0 Å². The topological polar surface area (TPSA) is 142 Å². The lowest BCUT2D eigenvalue weighted by molar-refractivity contribution is -0.139. The number of halogens is 14. The van der Waals surface area contributed by atoms with Crippen molar-refractivity contribution in [3.05, 3.63) is 152 Å². The number of pyridine rings is 3. The molecule has 67 heavy (non-hydrogen) atoms. The van der Waals surface area contributed by atoms with Crippen molar-refractivity contribution in [2.24, 2.45) is 0 Å².